The predicted octanol–water partition coefficient (Wildman–Crippen LogP) is 2.22. The van der Waals surface area contributed by atoms with Gasteiger partial charge in [-0.1, -0.05) is 19.8 Å². The van der Waals surface area contributed by atoms with E-state index in [9.17, 15) is 8.42 Å². The zero-order valence-electron chi connectivity index (χ0n) is 13.0. The summed E-state index contributed by atoms with van der Waals surface area (Å²) < 4.78 is 25.1. The van der Waals surface area contributed by atoms with Crippen LogP contribution in [0, 0.1) is 11.8 Å². The Balaban J connectivity index is 1.84. The molecule has 0 amide bonds. The van der Waals surface area contributed by atoms with E-state index in [-0.39, 0.29) is 0 Å². The minimum Gasteiger partial charge on any atom is -0.314 e. The highest BCUT2D eigenvalue weighted by atomic mass is 32.2. The van der Waals surface area contributed by atoms with E-state index in [1.54, 1.807) is 4.31 Å². The molecule has 2 unspecified atom stereocenters. The van der Waals surface area contributed by atoms with E-state index in [1.165, 1.54) is 38.4 Å². The minimum atomic E-state index is -3.01. The second kappa shape index (κ2) is 7.23. The third kappa shape index (κ3) is 5.34. The molecule has 2 fully saturated rings. The van der Waals surface area contributed by atoms with Gasteiger partial charge in [-0.05, 0) is 50.5 Å². The van der Waals surface area contributed by atoms with Crippen molar-refractivity contribution in [2.24, 2.45) is 11.8 Å². The van der Waals surface area contributed by atoms with Crippen molar-refractivity contribution in [1.29, 1.82) is 0 Å². The highest BCUT2D eigenvalue weighted by molar-refractivity contribution is 7.88. The molecule has 118 valence electrons. The van der Waals surface area contributed by atoms with Crippen LogP contribution in [0.25, 0.3) is 0 Å². The number of hydrogen-bond acceptors (Lipinski definition) is 3. The maximum atomic E-state index is 11.7. The van der Waals surface area contributed by atoms with E-state index >= 15 is 0 Å². The number of piperidine rings is 1. The van der Waals surface area contributed by atoms with Crippen LogP contribution in [0.15, 0.2) is 0 Å². The molecule has 0 bridgehead atoms. The molecular formula is C15H30N2O2S. The second-order valence-corrected chi connectivity index (χ2v) is 8.68. The average molecular weight is 302 g/mol. The van der Waals surface area contributed by atoms with Crippen LogP contribution in [0.1, 0.15) is 51.9 Å². The molecule has 0 radical (unpaired) electrons. The largest absolute Gasteiger partial charge is 0.314 e. The van der Waals surface area contributed by atoms with Crippen LogP contribution < -0.4 is 5.32 Å². The SMILES string of the molecule is CCCNC(CC1CC1)CC1CCCN(S(C)(=O)=O)C1. The standard InChI is InChI=1S/C15H30N2O2S/c1-3-8-16-15(10-13-6-7-13)11-14-5-4-9-17(12-14)20(2,18)19/h13-16H,3-12H2,1-2H3. The Labute approximate surface area is 124 Å². The first-order valence-corrected chi connectivity index (χ1v) is 10.0. The van der Waals surface area contributed by atoms with Crippen LogP contribution in [0.4, 0.5) is 0 Å². The lowest BCUT2D eigenvalue weighted by atomic mass is 9.90. The monoisotopic (exact) mass is 302 g/mol. The van der Waals surface area contributed by atoms with Gasteiger partial charge in [0.1, 0.15) is 0 Å². The smallest absolute Gasteiger partial charge is 0.211 e. The number of hydrogen-bond donors (Lipinski definition) is 1. The molecular weight excluding hydrogens is 272 g/mol. The molecule has 1 aliphatic heterocycles. The van der Waals surface area contributed by atoms with Gasteiger partial charge in [-0.15, -0.1) is 0 Å². The van der Waals surface area contributed by atoms with Crippen molar-refractivity contribution in [2.45, 2.75) is 57.9 Å². The Morgan fingerprint density at radius 2 is 1.90 bits per heavy atom. The molecule has 1 saturated carbocycles. The molecule has 20 heavy (non-hydrogen) atoms. The summed E-state index contributed by atoms with van der Waals surface area (Å²) in [7, 11) is -3.01. The van der Waals surface area contributed by atoms with E-state index in [1.807, 2.05) is 0 Å². The van der Waals surface area contributed by atoms with Gasteiger partial charge in [-0.3, -0.25) is 0 Å². The van der Waals surface area contributed by atoms with Gasteiger partial charge in [0.15, 0.2) is 0 Å². The van der Waals surface area contributed by atoms with Gasteiger partial charge in [0.05, 0.1) is 6.26 Å². The third-order valence-electron chi connectivity index (χ3n) is 4.57. The van der Waals surface area contributed by atoms with Crippen LogP contribution in [0.2, 0.25) is 0 Å². The number of nitrogens with one attached hydrogen (secondary N) is 1. The lowest BCUT2D eigenvalue weighted by molar-refractivity contribution is 0.232. The highest BCUT2D eigenvalue weighted by Gasteiger charge is 2.30. The highest BCUT2D eigenvalue weighted by Crippen LogP contribution is 2.35. The van der Waals surface area contributed by atoms with Gasteiger partial charge in [-0.25, -0.2) is 12.7 Å². The van der Waals surface area contributed by atoms with Crippen molar-refractivity contribution in [3.05, 3.63) is 0 Å². The van der Waals surface area contributed by atoms with Gasteiger partial charge in [0, 0.05) is 19.1 Å². The van der Waals surface area contributed by atoms with E-state index in [2.05, 4.69) is 12.2 Å². The molecule has 1 heterocycles. The third-order valence-corrected chi connectivity index (χ3v) is 5.84. The summed E-state index contributed by atoms with van der Waals surface area (Å²) in [5.41, 5.74) is 0. The Morgan fingerprint density at radius 3 is 2.50 bits per heavy atom. The average Bonchev–Trinajstić information content (AvgIpc) is 3.19. The number of sulfonamides is 1. The lowest BCUT2D eigenvalue weighted by Crippen LogP contribution is -2.42. The molecule has 2 aliphatic rings. The summed E-state index contributed by atoms with van der Waals surface area (Å²) in [6.45, 7) is 4.73. The molecule has 0 aromatic heterocycles. The van der Waals surface area contributed by atoms with Crippen LogP contribution in [-0.2, 0) is 10.0 Å². The van der Waals surface area contributed by atoms with Gasteiger partial charge in [0.2, 0.25) is 10.0 Å². The molecule has 2 rings (SSSR count). The lowest BCUT2D eigenvalue weighted by Gasteiger charge is -2.33. The van der Waals surface area contributed by atoms with Crippen molar-refractivity contribution < 1.29 is 8.42 Å². The van der Waals surface area contributed by atoms with Gasteiger partial charge in [-0.2, -0.15) is 0 Å². The molecule has 0 spiro atoms. The van der Waals surface area contributed by atoms with Crippen LogP contribution in [0.3, 0.4) is 0 Å². The number of rotatable bonds is 8. The normalized spacial score (nSPS) is 26.6. The Kier molecular flexibility index (Phi) is 5.87. The van der Waals surface area contributed by atoms with Crippen LogP contribution in [-0.4, -0.2) is 44.7 Å². The van der Waals surface area contributed by atoms with Crippen LogP contribution >= 0.6 is 0 Å². The van der Waals surface area contributed by atoms with E-state index in [0.29, 0.717) is 18.5 Å². The summed E-state index contributed by atoms with van der Waals surface area (Å²) in [4.78, 5) is 0. The quantitative estimate of drug-likeness (QED) is 0.748. The van der Waals surface area contributed by atoms with Crippen LogP contribution in [0.5, 0.6) is 0 Å². The first kappa shape index (κ1) is 16.2. The van der Waals surface area contributed by atoms with E-state index in [4.69, 9.17) is 0 Å². The Morgan fingerprint density at radius 1 is 1.20 bits per heavy atom. The summed E-state index contributed by atoms with van der Waals surface area (Å²) in [5, 5.41) is 3.67. The second-order valence-electron chi connectivity index (χ2n) is 6.70. The first-order chi connectivity index (χ1) is 9.49. The Bertz CT molecular complexity index is 393. The molecule has 1 saturated heterocycles. The summed E-state index contributed by atoms with van der Waals surface area (Å²) >= 11 is 0. The van der Waals surface area contributed by atoms with Crippen molar-refractivity contribution in [2.75, 3.05) is 25.9 Å². The maximum Gasteiger partial charge on any atom is 0.211 e. The van der Waals surface area contributed by atoms with E-state index in [0.717, 1.165) is 31.8 Å². The molecule has 0 aromatic rings. The summed E-state index contributed by atoms with van der Waals surface area (Å²) in [6, 6.07) is 0.590. The number of nitrogens with zero attached hydrogens (tertiary/aromatic N) is 1. The fourth-order valence-electron chi connectivity index (χ4n) is 3.29. The molecule has 2 atom stereocenters. The zero-order chi connectivity index (χ0) is 14.6. The van der Waals surface area contributed by atoms with Gasteiger partial charge < -0.3 is 5.32 Å². The zero-order valence-corrected chi connectivity index (χ0v) is 13.8. The minimum absolute atomic E-state index is 0.534. The fraction of sp³-hybridized carbons (Fsp3) is 1.00. The van der Waals surface area contributed by atoms with Crippen molar-refractivity contribution in [3.63, 3.8) is 0 Å². The molecule has 1 N–H and O–H groups in total. The maximum absolute atomic E-state index is 11.7. The molecule has 5 heteroatoms. The summed E-state index contributed by atoms with van der Waals surface area (Å²) in [6.07, 6.45) is 9.92. The fourth-order valence-corrected chi connectivity index (χ4v) is 4.23. The first-order valence-electron chi connectivity index (χ1n) is 8.17. The topological polar surface area (TPSA) is 49.4 Å². The predicted molar refractivity (Wildman–Crippen MR) is 83.2 cm³/mol. The van der Waals surface area contributed by atoms with Gasteiger partial charge in [0.25, 0.3) is 0 Å². The molecule has 1 aliphatic carbocycles. The summed E-state index contributed by atoms with van der Waals surface area (Å²) in [5.74, 6) is 1.46. The molecule has 0 aromatic carbocycles. The van der Waals surface area contributed by atoms with Crippen molar-refractivity contribution in [3.8, 4) is 0 Å². The van der Waals surface area contributed by atoms with Gasteiger partial charge >= 0.3 is 0 Å². The van der Waals surface area contributed by atoms with Crippen molar-refractivity contribution >= 4 is 10.0 Å². The van der Waals surface area contributed by atoms with E-state index < -0.39 is 10.0 Å². The van der Waals surface area contributed by atoms with Crippen molar-refractivity contribution in [1.82, 2.24) is 9.62 Å². The Hall–Kier alpha value is -0.130. The molecule has 4 nitrogen and oxygen atoms in total.